The number of hydrogen-bond acceptors (Lipinski definition) is 2. The molecule has 0 aliphatic rings. The maximum Gasteiger partial charge on any atom is 0.315 e. The monoisotopic (exact) mass is 292 g/mol. The molecule has 0 atom stereocenters. The molecular weight excluding hydrogens is 268 g/mol. The smallest absolute Gasteiger partial charge is 0.315 e. The second kappa shape index (κ2) is 9.00. The summed E-state index contributed by atoms with van der Waals surface area (Å²) in [5.74, 6) is -0.238. The number of urea groups is 1. The van der Waals surface area contributed by atoms with E-state index < -0.39 is 5.97 Å². The van der Waals surface area contributed by atoms with Crippen LogP contribution in [0.5, 0.6) is 0 Å². The van der Waals surface area contributed by atoms with Crippen molar-refractivity contribution in [1.82, 2.24) is 10.6 Å². The van der Waals surface area contributed by atoms with Gasteiger partial charge in [0.1, 0.15) is 0 Å². The van der Waals surface area contributed by atoms with Crippen LogP contribution in [-0.2, 0) is 17.8 Å². The van der Waals surface area contributed by atoms with Crippen LogP contribution in [0.4, 0.5) is 4.79 Å². The van der Waals surface area contributed by atoms with Gasteiger partial charge in [-0.2, -0.15) is 0 Å². The standard InChI is InChI=1S/C16H24N2O3/c1-12(2)6-5-9-17-16(21)18-11-14-8-4-3-7-13(14)10-15(19)20/h3-4,7-8,12H,5-6,9-11H2,1-2H3,(H,19,20)(H2,17,18,21). The van der Waals surface area contributed by atoms with Crippen LogP contribution in [0, 0.1) is 5.92 Å². The molecule has 3 N–H and O–H groups in total. The number of carbonyl (C=O) groups is 2. The van der Waals surface area contributed by atoms with Crippen LogP contribution in [0.15, 0.2) is 24.3 Å². The summed E-state index contributed by atoms with van der Waals surface area (Å²) in [6.07, 6.45) is 2.01. The first kappa shape index (κ1) is 17.0. The van der Waals surface area contributed by atoms with Crippen LogP contribution in [0.1, 0.15) is 37.8 Å². The van der Waals surface area contributed by atoms with Crippen LogP contribution in [0.2, 0.25) is 0 Å². The van der Waals surface area contributed by atoms with Crippen LogP contribution in [0.25, 0.3) is 0 Å². The Morgan fingerprint density at radius 2 is 1.81 bits per heavy atom. The SMILES string of the molecule is CC(C)CCCNC(=O)NCc1ccccc1CC(=O)O. The van der Waals surface area contributed by atoms with E-state index in [1.54, 1.807) is 12.1 Å². The van der Waals surface area contributed by atoms with Gasteiger partial charge in [-0.25, -0.2) is 4.79 Å². The van der Waals surface area contributed by atoms with Crippen molar-refractivity contribution in [2.75, 3.05) is 6.54 Å². The van der Waals surface area contributed by atoms with Gasteiger partial charge in [0.2, 0.25) is 0 Å². The number of nitrogens with one attached hydrogen (secondary N) is 2. The molecule has 0 radical (unpaired) electrons. The van der Waals surface area contributed by atoms with Gasteiger partial charge in [0.05, 0.1) is 6.42 Å². The molecule has 5 nitrogen and oxygen atoms in total. The van der Waals surface area contributed by atoms with Crippen molar-refractivity contribution in [2.45, 2.75) is 39.7 Å². The highest BCUT2D eigenvalue weighted by Gasteiger charge is 2.07. The molecule has 1 aromatic rings. The van der Waals surface area contributed by atoms with E-state index in [-0.39, 0.29) is 12.5 Å². The van der Waals surface area contributed by atoms with Gasteiger partial charge >= 0.3 is 12.0 Å². The molecule has 0 unspecified atom stereocenters. The van der Waals surface area contributed by atoms with Crippen molar-refractivity contribution in [1.29, 1.82) is 0 Å². The summed E-state index contributed by atoms with van der Waals surface area (Å²) >= 11 is 0. The Labute approximate surface area is 125 Å². The van der Waals surface area contributed by atoms with E-state index in [2.05, 4.69) is 24.5 Å². The minimum Gasteiger partial charge on any atom is -0.481 e. The second-order valence-electron chi connectivity index (χ2n) is 5.48. The predicted octanol–water partition coefficient (Wildman–Crippen LogP) is 2.55. The Morgan fingerprint density at radius 1 is 1.14 bits per heavy atom. The third kappa shape index (κ3) is 7.34. The van der Waals surface area contributed by atoms with Crippen molar-refractivity contribution in [2.24, 2.45) is 5.92 Å². The van der Waals surface area contributed by atoms with Crippen molar-refractivity contribution in [3.8, 4) is 0 Å². The van der Waals surface area contributed by atoms with Crippen LogP contribution >= 0.6 is 0 Å². The van der Waals surface area contributed by atoms with Crippen molar-refractivity contribution in [3.05, 3.63) is 35.4 Å². The first-order valence-corrected chi connectivity index (χ1v) is 7.29. The van der Waals surface area contributed by atoms with Crippen molar-refractivity contribution < 1.29 is 14.7 Å². The zero-order valence-corrected chi connectivity index (χ0v) is 12.7. The highest BCUT2D eigenvalue weighted by atomic mass is 16.4. The van der Waals surface area contributed by atoms with Crippen LogP contribution in [-0.4, -0.2) is 23.7 Å². The molecule has 1 aromatic carbocycles. The van der Waals surface area contributed by atoms with Gasteiger partial charge < -0.3 is 15.7 Å². The highest BCUT2D eigenvalue weighted by Crippen LogP contribution is 2.09. The fourth-order valence-corrected chi connectivity index (χ4v) is 2.02. The summed E-state index contributed by atoms with van der Waals surface area (Å²) in [6.45, 7) is 5.29. The van der Waals surface area contributed by atoms with E-state index in [4.69, 9.17) is 5.11 Å². The summed E-state index contributed by atoms with van der Waals surface area (Å²) in [6, 6.07) is 7.02. The topological polar surface area (TPSA) is 78.4 Å². The van der Waals surface area contributed by atoms with E-state index in [0.29, 0.717) is 19.0 Å². The Balaban J connectivity index is 2.37. The predicted molar refractivity (Wildman–Crippen MR) is 82.1 cm³/mol. The maximum atomic E-state index is 11.7. The number of hydrogen-bond donors (Lipinski definition) is 3. The lowest BCUT2D eigenvalue weighted by atomic mass is 10.0. The van der Waals surface area contributed by atoms with Gasteiger partial charge in [-0.3, -0.25) is 4.79 Å². The summed E-state index contributed by atoms with van der Waals surface area (Å²) < 4.78 is 0. The first-order valence-electron chi connectivity index (χ1n) is 7.29. The van der Waals surface area contributed by atoms with Crippen molar-refractivity contribution >= 4 is 12.0 Å². The van der Waals surface area contributed by atoms with Crippen molar-refractivity contribution in [3.63, 3.8) is 0 Å². The summed E-state index contributed by atoms with van der Waals surface area (Å²) in [5, 5.41) is 14.4. The van der Waals surface area contributed by atoms with E-state index in [9.17, 15) is 9.59 Å². The number of rotatable bonds is 8. The zero-order chi connectivity index (χ0) is 15.7. The zero-order valence-electron chi connectivity index (χ0n) is 12.7. The second-order valence-corrected chi connectivity index (χ2v) is 5.48. The molecule has 0 aromatic heterocycles. The van der Waals surface area contributed by atoms with Gasteiger partial charge in [-0.1, -0.05) is 38.1 Å². The number of aliphatic carboxylic acids is 1. The molecule has 0 aliphatic heterocycles. The molecule has 2 amide bonds. The Morgan fingerprint density at radius 3 is 2.43 bits per heavy atom. The van der Waals surface area contributed by atoms with Gasteiger partial charge in [0.15, 0.2) is 0 Å². The summed E-state index contributed by atoms with van der Waals surface area (Å²) in [7, 11) is 0. The number of carboxylic acids is 1. The normalized spacial score (nSPS) is 10.4. The molecule has 0 saturated carbocycles. The lowest BCUT2D eigenvalue weighted by Crippen LogP contribution is -2.35. The highest BCUT2D eigenvalue weighted by molar-refractivity contribution is 5.74. The van der Waals surface area contributed by atoms with Gasteiger partial charge in [0, 0.05) is 13.1 Å². The molecule has 0 bridgehead atoms. The minimum atomic E-state index is -0.874. The van der Waals surface area contributed by atoms with Crippen LogP contribution in [0.3, 0.4) is 0 Å². The Kier molecular flexibility index (Phi) is 7.29. The molecule has 21 heavy (non-hydrogen) atoms. The molecule has 0 fully saturated rings. The molecule has 116 valence electrons. The molecule has 0 heterocycles. The van der Waals surface area contributed by atoms with E-state index in [1.165, 1.54) is 0 Å². The molecule has 0 aliphatic carbocycles. The number of carboxylic acid groups (broad SMARTS) is 1. The first-order chi connectivity index (χ1) is 9.99. The molecular formula is C16H24N2O3. The Hall–Kier alpha value is -2.04. The Bertz CT molecular complexity index is 472. The number of carbonyl (C=O) groups excluding carboxylic acids is 1. The van der Waals surface area contributed by atoms with E-state index in [0.717, 1.165) is 24.0 Å². The lowest BCUT2D eigenvalue weighted by molar-refractivity contribution is -0.136. The summed E-state index contributed by atoms with van der Waals surface area (Å²) in [5.41, 5.74) is 1.56. The molecule has 1 rings (SSSR count). The molecule has 0 saturated heterocycles. The van der Waals surface area contributed by atoms with E-state index in [1.807, 2.05) is 12.1 Å². The fourth-order valence-electron chi connectivity index (χ4n) is 2.02. The number of benzene rings is 1. The third-order valence-corrected chi connectivity index (χ3v) is 3.14. The van der Waals surface area contributed by atoms with Gasteiger partial charge in [-0.05, 0) is 29.9 Å². The quantitative estimate of drug-likeness (QED) is 0.644. The summed E-state index contributed by atoms with van der Waals surface area (Å²) in [4.78, 5) is 22.4. The number of amides is 2. The average Bonchev–Trinajstić information content (AvgIpc) is 2.42. The fraction of sp³-hybridized carbons (Fsp3) is 0.500. The lowest BCUT2D eigenvalue weighted by Gasteiger charge is -2.11. The van der Waals surface area contributed by atoms with Gasteiger partial charge in [-0.15, -0.1) is 0 Å². The maximum absolute atomic E-state index is 11.7. The minimum absolute atomic E-state index is 0.0339. The van der Waals surface area contributed by atoms with E-state index >= 15 is 0 Å². The molecule has 5 heteroatoms. The third-order valence-electron chi connectivity index (χ3n) is 3.14. The van der Waals surface area contributed by atoms with Crippen LogP contribution < -0.4 is 10.6 Å². The largest absolute Gasteiger partial charge is 0.481 e. The average molecular weight is 292 g/mol. The molecule has 0 spiro atoms. The van der Waals surface area contributed by atoms with Gasteiger partial charge in [0.25, 0.3) is 0 Å².